The van der Waals surface area contributed by atoms with Crippen LogP contribution in [0.3, 0.4) is 0 Å². The van der Waals surface area contributed by atoms with Crippen LogP contribution in [0.2, 0.25) is 0 Å². The zero-order valence-corrected chi connectivity index (χ0v) is 16.4. The molecule has 3 aromatic carbocycles. The van der Waals surface area contributed by atoms with E-state index in [9.17, 15) is 4.79 Å². The molecule has 3 aromatic rings. The Bertz CT molecular complexity index is 1050. The summed E-state index contributed by atoms with van der Waals surface area (Å²) < 4.78 is 5.06. The minimum Gasteiger partial charge on any atom is -0.466 e. The predicted octanol–water partition coefficient (Wildman–Crippen LogP) is 4.81. The van der Waals surface area contributed by atoms with Crippen molar-refractivity contribution >= 4 is 5.97 Å². The maximum Gasteiger partial charge on any atom is 0.335 e. The third kappa shape index (κ3) is 2.65. The zero-order valence-electron chi connectivity index (χ0n) is 16.4. The van der Waals surface area contributed by atoms with E-state index in [1.54, 1.807) is 0 Å². The lowest BCUT2D eigenvalue weighted by atomic mass is 9.79. The van der Waals surface area contributed by atoms with E-state index in [0.29, 0.717) is 0 Å². The molecule has 0 heterocycles. The highest BCUT2D eigenvalue weighted by Gasteiger charge is 2.46. The van der Waals surface area contributed by atoms with Gasteiger partial charge in [0.2, 0.25) is 0 Å². The molecular formula is C26H23NO2. The second-order valence-corrected chi connectivity index (χ2v) is 7.63. The van der Waals surface area contributed by atoms with E-state index >= 15 is 0 Å². The van der Waals surface area contributed by atoms with Gasteiger partial charge in [-0.2, -0.15) is 0 Å². The van der Waals surface area contributed by atoms with E-state index in [1.165, 1.54) is 34.9 Å². The lowest BCUT2D eigenvalue weighted by molar-refractivity contribution is -0.136. The number of nitrogens with one attached hydrogen (secondary N) is 1. The summed E-state index contributed by atoms with van der Waals surface area (Å²) in [6.45, 7) is 0. The molecule has 29 heavy (non-hydrogen) atoms. The molecule has 3 heteroatoms. The van der Waals surface area contributed by atoms with Gasteiger partial charge in [0, 0.05) is 6.04 Å². The van der Waals surface area contributed by atoms with E-state index in [-0.39, 0.29) is 12.0 Å². The Hall–Kier alpha value is -3.17. The maximum absolute atomic E-state index is 12.4. The summed E-state index contributed by atoms with van der Waals surface area (Å²) in [6, 6.07) is 27.6. The first-order valence-corrected chi connectivity index (χ1v) is 10.1. The summed E-state index contributed by atoms with van der Waals surface area (Å²) in [5.74, 6) is -0.247. The molecule has 144 valence electrons. The Kier molecular flexibility index (Phi) is 4.33. The van der Waals surface area contributed by atoms with Gasteiger partial charge in [-0.25, -0.2) is 4.79 Å². The van der Waals surface area contributed by atoms with Crippen LogP contribution < -0.4 is 5.32 Å². The van der Waals surface area contributed by atoms with Crippen molar-refractivity contribution in [3.63, 3.8) is 0 Å². The fraction of sp³-hybridized carbons (Fsp3) is 0.192. The molecule has 0 saturated heterocycles. The van der Waals surface area contributed by atoms with Gasteiger partial charge in [0.25, 0.3) is 0 Å². The number of ether oxygens (including phenoxy) is 1. The number of carbonyl (C=O) groups excluding carboxylic acids is 1. The molecule has 0 saturated carbocycles. The molecule has 1 N–H and O–H groups in total. The molecule has 2 aliphatic carbocycles. The Labute approximate surface area is 171 Å². The fourth-order valence-electron chi connectivity index (χ4n) is 4.93. The molecule has 0 radical (unpaired) electrons. The van der Waals surface area contributed by atoms with Crippen LogP contribution in [0.4, 0.5) is 0 Å². The van der Waals surface area contributed by atoms with Crippen molar-refractivity contribution in [3.8, 4) is 11.1 Å². The van der Waals surface area contributed by atoms with Gasteiger partial charge in [-0.3, -0.25) is 5.32 Å². The van der Waals surface area contributed by atoms with Crippen LogP contribution in [-0.2, 0) is 15.1 Å². The Balaban J connectivity index is 1.74. The molecule has 0 unspecified atom stereocenters. The average molecular weight is 381 g/mol. The predicted molar refractivity (Wildman–Crippen MR) is 114 cm³/mol. The van der Waals surface area contributed by atoms with E-state index in [0.717, 1.165) is 18.4 Å². The van der Waals surface area contributed by atoms with Crippen molar-refractivity contribution in [2.24, 2.45) is 0 Å². The lowest BCUT2D eigenvalue weighted by Gasteiger charge is -2.37. The smallest absolute Gasteiger partial charge is 0.335 e. The van der Waals surface area contributed by atoms with Gasteiger partial charge in [0.15, 0.2) is 0 Å². The van der Waals surface area contributed by atoms with Crippen molar-refractivity contribution in [2.75, 3.05) is 7.11 Å². The first-order valence-electron chi connectivity index (χ1n) is 10.1. The van der Waals surface area contributed by atoms with Crippen molar-refractivity contribution in [1.29, 1.82) is 0 Å². The second-order valence-electron chi connectivity index (χ2n) is 7.63. The maximum atomic E-state index is 12.4. The molecule has 0 aromatic heterocycles. The van der Waals surface area contributed by atoms with Crippen LogP contribution in [0.25, 0.3) is 11.1 Å². The lowest BCUT2D eigenvalue weighted by Crippen LogP contribution is -2.49. The van der Waals surface area contributed by atoms with Crippen molar-refractivity contribution in [1.82, 2.24) is 5.32 Å². The summed E-state index contributed by atoms with van der Waals surface area (Å²) in [4.78, 5) is 12.4. The number of esters is 1. The van der Waals surface area contributed by atoms with Crippen LogP contribution in [0.15, 0.2) is 90.5 Å². The number of hydrogen-bond donors (Lipinski definition) is 1. The molecule has 2 aliphatic rings. The number of hydrogen-bond acceptors (Lipinski definition) is 3. The Morgan fingerprint density at radius 2 is 1.48 bits per heavy atom. The van der Waals surface area contributed by atoms with Crippen LogP contribution in [-0.4, -0.2) is 19.1 Å². The number of methoxy groups -OCH3 is 1. The van der Waals surface area contributed by atoms with E-state index in [2.05, 4.69) is 78.1 Å². The highest BCUT2D eigenvalue weighted by molar-refractivity contribution is 5.90. The number of benzene rings is 3. The molecule has 0 spiro atoms. The Morgan fingerprint density at radius 1 is 0.897 bits per heavy atom. The molecule has 1 atom stereocenters. The number of carbonyl (C=O) groups is 1. The van der Waals surface area contributed by atoms with Crippen molar-refractivity contribution < 1.29 is 9.53 Å². The highest BCUT2D eigenvalue weighted by Crippen LogP contribution is 2.51. The third-order valence-corrected chi connectivity index (χ3v) is 6.17. The van der Waals surface area contributed by atoms with Crippen LogP contribution in [0.1, 0.15) is 29.5 Å². The van der Waals surface area contributed by atoms with E-state index < -0.39 is 5.54 Å². The average Bonchev–Trinajstić information content (AvgIpc) is 3.36. The third-order valence-electron chi connectivity index (χ3n) is 6.17. The zero-order chi connectivity index (χ0) is 19.8. The van der Waals surface area contributed by atoms with Gasteiger partial charge >= 0.3 is 5.97 Å². The summed E-state index contributed by atoms with van der Waals surface area (Å²) in [6.07, 6.45) is 3.76. The van der Waals surface area contributed by atoms with E-state index in [1.807, 2.05) is 12.1 Å². The second kappa shape index (κ2) is 7.02. The van der Waals surface area contributed by atoms with Gasteiger partial charge in [-0.15, -0.1) is 0 Å². The van der Waals surface area contributed by atoms with Crippen molar-refractivity contribution in [3.05, 3.63) is 107 Å². The van der Waals surface area contributed by atoms with Gasteiger partial charge in [-0.1, -0.05) is 84.9 Å². The Morgan fingerprint density at radius 3 is 2.10 bits per heavy atom. The monoisotopic (exact) mass is 381 g/mol. The normalized spacial score (nSPS) is 18.7. The van der Waals surface area contributed by atoms with Crippen LogP contribution in [0, 0.1) is 0 Å². The number of rotatable bonds is 4. The molecule has 0 amide bonds. The van der Waals surface area contributed by atoms with E-state index in [4.69, 9.17) is 4.74 Å². The fourth-order valence-corrected chi connectivity index (χ4v) is 4.93. The van der Waals surface area contributed by atoms with Gasteiger partial charge in [0.1, 0.15) is 0 Å². The molecular weight excluding hydrogens is 358 g/mol. The minimum atomic E-state index is -0.517. The molecule has 0 fully saturated rings. The SMILES string of the molecule is COC(=O)C1=CCC[C@H]1NC1(c2ccccc2)c2ccccc2-c2ccccc21. The molecule has 3 nitrogen and oxygen atoms in total. The summed E-state index contributed by atoms with van der Waals surface area (Å²) in [7, 11) is 1.45. The van der Waals surface area contributed by atoms with Gasteiger partial charge < -0.3 is 4.74 Å². The molecule has 5 rings (SSSR count). The first kappa shape index (κ1) is 17.9. The number of fused-ring (bicyclic) bond motifs is 3. The largest absolute Gasteiger partial charge is 0.466 e. The van der Waals surface area contributed by atoms with Crippen LogP contribution >= 0.6 is 0 Å². The standard InChI is InChI=1S/C26H23NO2/c1-29-25(28)21-14-9-17-24(21)27-26(18-10-3-2-4-11-18)22-15-7-5-12-19(22)20-13-6-8-16-23(20)26/h2-8,10-16,24,27H,9,17H2,1H3/t24-/m1/s1. The summed E-state index contributed by atoms with van der Waals surface area (Å²) in [5.41, 5.74) is 6.31. The quantitative estimate of drug-likeness (QED) is 0.659. The van der Waals surface area contributed by atoms with Crippen molar-refractivity contribution in [2.45, 2.75) is 24.4 Å². The summed E-state index contributed by atoms with van der Waals surface area (Å²) in [5, 5.41) is 3.92. The molecule has 0 aliphatic heterocycles. The highest BCUT2D eigenvalue weighted by atomic mass is 16.5. The van der Waals surface area contributed by atoms with Crippen LogP contribution in [0.5, 0.6) is 0 Å². The minimum absolute atomic E-state index is 0.0677. The molecule has 0 bridgehead atoms. The van der Waals surface area contributed by atoms with Gasteiger partial charge in [0.05, 0.1) is 18.2 Å². The topological polar surface area (TPSA) is 38.3 Å². The number of allylic oxidation sites excluding steroid dienone is 1. The van der Waals surface area contributed by atoms with Gasteiger partial charge in [-0.05, 0) is 40.7 Å². The summed E-state index contributed by atoms with van der Waals surface area (Å²) >= 11 is 0. The first-order chi connectivity index (χ1) is 14.3.